The third kappa shape index (κ3) is 6.92. The van der Waals surface area contributed by atoms with E-state index in [2.05, 4.69) is 19.2 Å². The SMILES string of the molecule is CC(C)C(C)(CN)NC(=O)CSCc1cccc(Cl)c1.Cl. The van der Waals surface area contributed by atoms with Crippen molar-refractivity contribution < 1.29 is 4.79 Å². The van der Waals surface area contributed by atoms with Crippen LogP contribution in [0.5, 0.6) is 0 Å². The fraction of sp³-hybridized carbons (Fsp3) is 0.533. The van der Waals surface area contributed by atoms with Gasteiger partial charge in [-0.1, -0.05) is 37.6 Å². The maximum absolute atomic E-state index is 12.0. The van der Waals surface area contributed by atoms with E-state index >= 15 is 0 Å². The fourth-order valence-corrected chi connectivity index (χ4v) is 2.66. The molecule has 0 aromatic heterocycles. The number of nitrogens with one attached hydrogen (secondary N) is 1. The van der Waals surface area contributed by atoms with Crippen LogP contribution in [0.4, 0.5) is 0 Å². The van der Waals surface area contributed by atoms with Crippen LogP contribution in [0, 0.1) is 5.92 Å². The molecule has 0 aliphatic rings. The van der Waals surface area contributed by atoms with Gasteiger partial charge >= 0.3 is 0 Å². The summed E-state index contributed by atoms with van der Waals surface area (Å²) < 4.78 is 0. The zero-order valence-electron chi connectivity index (χ0n) is 12.7. The Bertz CT molecular complexity index is 457. The molecule has 1 aromatic carbocycles. The third-order valence-electron chi connectivity index (χ3n) is 3.51. The predicted molar refractivity (Wildman–Crippen MR) is 95.3 cm³/mol. The van der Waals surface area contributed by atoms with Crippen molar-refractivity contribution in [3.05, 3.63) is 34.9 Å². The summed E-state index contributed by atoms with van der Waals surface area (Å²) in [5.41, 5.74) is 6.54. The van der Waals surface area contributed by atoms with Crippen LogP contribution in [0.25, 0.3) is 0 Å². The van der Waals surface area contributed by atoms with Gasteiger partial charge in [-0.3, -0.25) is 4.79 Å². The lowest BCUT2D eigenvalue weighted by molar-refractivity contribution is -0.120. The largest absolute Gasteiger partial charge is 0.349 e. The van der Waals surface area contributed by atoms with Crippen LogP contribution in [0.1, 0.15) is 26.3 Å². The highest BCUT2D eigenvalue weighted by molar-refractivity contribution is 7.99. The first-order valence-corrected chi connectivity index (χ1v) is 8.24. The second-order valence-electron chi connectivity index (χ2n) is 5.45. The summed E-state index contributed by atoms with van der Waals surface area (Å²) in [6, 6.07) is 7.69. The van der Waals surface area contributed by atoms with Gasteiger partial charge in [-0.15, -0.1) is 24.2 Å². The van der Waals surface area contributed by atoms with E-state index in [4.69, 9.17) is 17.3 Å². The lowest BCUT2D eigenvalue weighted by Gasteiger charge is -2.33. The van der Waals surface area contributed by atoms with Gasteiger partial charge in [-0.05, 0) is 30.5 Å². The molecular formula is C15H24Cl2N2OS. The lowest BCUT2D eigenvalue weighted by Crippen LogP contribution is -2.55. The number of hydrogen-bond acceptors (Lipinski definition) is 3. The number of amides is 1. The van der Waals surface area contributed by atoms with E-state index < -0.39 is 0 Å². The van der Waals surface area contributed by atoms with Crippen molar-refractivity contribution in [3.8, 4) is 0 Å². The van der Waals surface area contributed by atoms with Crippen LogP contribution in [-0.2, 0) is 10.5 Å². The number of rotatable bonds is 7. The lowest BCUT2D eigenvalue weighted by atomic mass is 9.88. The number of halogens is 2. The van der Waals surface area contributed by atoms with Crippen LogP contribution < -0.4 is 11.1 Å². The Hall–Kier alpha value is -0.420. The van der Waals surface area contributed by atoms with E-state index in [0.717, 1.165) is 16.3 Å². The number of benzene rings is 1. The molecule has 0 fully saturated rings. The standard InChI is InChI=1S/C15H23ClN2OS.ClH/c1-11(2)15(3,10-17)18-14(19)9-20-8-12-5-4-6-13(16)7-12;/h4-7,11H,8-10,17H2,1-3H3,(H,18,19);1H. The highest BCUT2D eigenvalue weighted by Crippen LogP contribution is 2.18. The zero-order chi connectivity index (χ0) is 15.2. The van der Waals surface area contributed by atoms with Crippen molar-refractivity contribution in [1.29, 1.82) is 0 Å². The molecule has 1 amide bonds. The zero-order valence-corrected chi connectivity index (χ0v) is 15.1. The Labute approximate surface area is 142 Å². The molecule has 0 aliphatic carbocycles. The number of carbonyl (C=O) groups excluding carboxylic acids is 1. The van der Waals surface area contributed by atoms with Gasteiger partial charge in [0.05, 0.1) is 11.3 Å². The van der Waals surface area contributed by atoms with Crippen LogP contribution in [-0.4, -0.2) is 23.7 Å². The van der Waals surface area contributed by atoms with Crippen LogP contribution in [0.15, 0.2) is 24.3 Å². The second kappa shape index (κ2) is 9.57. The molecule has 1 unspecified atom stereocenters. The molecule has 21 heavy (non-hydrogen) atoms. The molecule has 0 bridgehead atoms. The van der Waals surface area contributed by atoms with Crippen molar-refractivity contribution in [2.75, 3.05) is 12.3 Å². The molecule has 0 saturated carbocycles. The maximum atomic E-state index is 12.0. The Morgan fingerprint density at radius 1 is 1.48 bits per heavy atom. The maximum Gasteiger partial charge on any atom is 0.230 e. The normalized spacial score (nSPS) is 13.4. The Balaban J connectivity index is 0.00000400. The molecule has 1 atom stereocenters. The molecule has 6 heteroatoms. The summed E-state index contributed by atoms with van der Waals surface area (Å²) >= 11 is 7.50. The summed E-state index contributed by atoms with van der Waals surface area (Å²) in [5, 5.41) is 3.75. The molecule has 0 aliphatic heterocycles. The topological polar surface area (TPSA) is 55.1 Å². The van der Waals surface area contributed by atoms with Gasteiger partial charge in [0.15, 0.2) is 0 Å². The summed E-state index contributed by atoms with van der Waals surface area (Å²) in [7, 11) is 0. The number of hydrogen-bond donors (Lipinski definition) is 2. The van der Waals surface area contributed by atoms with E-state index in [9.17, 15) is 4.79 Å². The minimum absolute atomic E-state index is 0. The van der Waals surface area contributed by atoms with Crippen LogP contribution >= 0.6 is 35.8 Å². The Morgan fingerprint density at radius 2 is 2.14 bits per heavy atom. The quantitative estimate of drug-likeness (QED) is 0.791. The van der Waals surface area contributed by atoms with Gasteiger partial charge in [0.1, 0.15) is 0 Å². The summed E-state index contributed by atoms with van der Waals surface area (Å²) in [6.07, 6.45) is 0. The molecule has 1 rings (SSSR count). The molecule has 0 radical (unpaired) electrons. The minimum atomic E-state index is -0.340. The van der Waals surface area contributed by atoms with Gasteiger partial charge in [0.25, 0.3) is 0 Å². The van der Waals surface area contributed by atoms with Crippen molar-refractivity contribution >= 4 is 41.7 Å². The van der Waals surface area contributed by atoms with Crippen molar-refractivity contribution in [1.82, 2.24) is 5.32 Å². The summed E-state index contributed by atoms with van der Waals surface area (Å²) in [5.74, 6) is 1.53. The van der Waals surface area contributed by atoms with E-state index in [-0.39, 0.29) is 23.9 Å². The first-order valence-electron chi connectivity index (χ1n) is 6.70. The van der Waals surface area contributed by atoms with Gasteiger partial charge < -0.3 is 11.1 Å². The van der Waals surface area contributed by atoms with Crippen molar-refractivity contribution in [2.45, 2.75) is 32.1 Å². The van der Waals surface area contributed by atoms with Gasteiger partial charge in [-0.25, -0.2) is 0 Å². The predicted octanol–water partition coefficient (Wildman–Crippen LogP) is 3.48. The highest BCUT2D eigenvalue weighted by atomic mass is 35.5. The molecule has 0 saturated heterocycles. The van der Waals surface area contributed by atoms with Gasteiger partial charge in [-0.2, -0.15) is 0 Å². The average molecular weight is 351 g/mol. The van der Waals surface area contributed by atoms with E-state index in [1.54, 1.807) is 11.8 Å². The van der Waals surface area contributed by atoms with E-state index in [1.165, 1.54) is 0 Å². The van der Waals surface area contributed by atoms with Crippen LogP contribution in [0.3, 0.4) is 0 Å². The number of carbonyl (C=O) groups is 1. The average Bonchev–Trinajstić information content (AvgIpc) is 2.38. The Morgan fingerprint density at radius 3 is 2.67 bits per heavy atom. The monoisotopic (exact) mass is 350 g/mol. The van der Waals surface area contributed by atoms with Crippen LogP contribution in [0.2, 0.25) is 5.02 Å². The molecule has 0 heterocycles. The highest BCUT2D eigenvalue weighted by Gasteiger charge is 2.28. The first-order chi connectivity index (χ1) is 9.37. The fourth-order valence-electron chi connectivity index (χ4n) is 1.67. The number of nitrogens with two attached hydrogens (primary N) is 1. The smallest absolute Gasteiger partial charge is 0.230 e. The summed E-state index contributed by atoms with van der Waals surface area (Å²) in [6.45, 7) is 6.55. The number of thioether (sulfide) groups is 1. The van der Waals surface area contributed by atoms with Crippen molar-refractivity contribution in [2.24, 2.45) is 11.7 Å². The third-order valence-corrected chi connectivity index (χ3v) is 4.75. The molecule has 3 N–H and O–H groups in total. The van der Waals surface area contributed by atoms with Gasteiger partial charge in [0.2, 0.25) is 5.91 Å². The molecule has 1 aromatic rings. The van der Waals surface area contributed by atoms with Gasteiger partial charge in [0, 0.05) is 17.3 Å². The molecule has 120 valence electrons. The molecule has 0 spiro atoms. The van der Waals surface area contributed by atoms with E-state index in [1.807, 2.05) is 31.2 Å². The minimum Gasteiger partial charge on any atom is -0.349 e. The van der Waals surface area contributed by atoms with E-state index in [0.29, 0.717) is 18.2 Å². The Kier molecular flexibility index (Phi) is 9.38. The van der Waals surface area contributed by atoms with Crippen molar-refractivity contribution in [3.63, 3.8) is 0 Å². The molecular weight excluding hydrogens is 327 g/mol. The second-order valence-corrected chi connectivity index (χ2v) is 6.87. The summed E-state index contributed by atoms with van der Waals surface area (Å²) in [4.78, 5) is 12.0. The first kappa shape index (κ1) is 20.6. The molecule has 3 nitrogen and oxygen atoms in total.